The Balaban J connectivity index is 2.49. The van der Waals surface area contributed by atoms with Gasteiger partial charge in [-0.15, -0.1) is 0 Å². The van der Waals surface area contributed by atoms with Crippen LogP contribution in [-0.4, -0.2) is 10.2 Å². The summed E-state index contributed by atoms with van der Waals surface area (Å²) in [7, 11) is 0. The quantitative estimate of drug-likeness (QED) is 0.633. The van der Waals surface area contributed by atoms with E-state index in [1.54, 1.807) is 0 Å². The topological polar surface area (TPSA) is 92.5 Å². The fourth-order valence-electron chi connectivity index (χ4n) is 2.14. The molecule has 0 fully saturated rings. The van der Waals surface area contributed by atoms with Crippen LogP contribution in [0.1, 0.15) is 23.2 Å². The highest BCUT2D eigenvalue weighted by Crippen LogP contribution is 2.41. The Kier molecular flexibility index (Phi) is 5.33. The van der Waals surface area contributed by atoms with Crippen LogP contribution in [0.3, 0.4) is 0 Å². The molecule has 0 aliphatic carbocycles. The van der Waals surface area contributed by atoms with E-state index in [0.717, 1.165) is 0 Å². The van der Waals surface area contributed by atoms with Crippen LogP contribution in [0.25, 0.3) is 0 Å². The van der Waals surface area contributed by atoms with E-state index in [2.05, 4.69) is 0 Å². The Bertz CT molecular complexity index is 616. The van der Waals surface area contributed by atoms with Crippen LogP contribution in [0.5, 0.6) is 11.5 Å². The largest absolute Gasteiger partial charge is 0.508 e. The van der Waals surface area contributed by atoms with Crippen molar-refractivity contribution in [3.05, 3.63) is 55.5 Å². The fourth-order valence-corrected chi connectivity index (χ4v) is 3.59. The van der Waals surface area contributed by atoms with E-state index in [1.165, 1.54) is 24.3 Å². The van der Waals surface area contributed by atoms with Gasteiger partial charge in [0.25, 0.3) is 0 Å². The first kappa shape index (κ1) is 17.5. The molecular formula is C14H12Cl4N2O2. The monoisotopic (exact) mass is 380 g/mol. The third-order valence-corrected chi connectivity index (χ3v) is 4.43. The lowest BCUT2D eigenvalue weighted by Crippen LogP contribution is -2.27. The lowest BCUT2D eigenvalue weighted by Gasteiger charge is -2.24. The molecule has 118 valence electrons. The van der Waals surface area contributed by atoms with E-state index in [-0.39, 0.29) is 31.6 Å². The summed E-state index contributed by atoms with van der Waals surface area (Å²) in [6, 6.07) is 3.62. The van der Waals surface area contributed by atoms with Crippen LogP contribution < -0.4 is 11.5 Å². The minimum absolute atomic E-state index is 0.0831. The van der Waals surface area contributed by atoms with Gasteiger partial charge in [0.1, 0.15) is 11.5 Å². The fraction of sp³-hybridized carbons (Fsp3) is 0.143. The number of rotatable bonds is 3. The van der Waals surface area contributed by atoms with Gasteiger partial charge in [-0.2, -0.15) is 0 Å². The van der Waals surface area contributed by atoms with Crippen molar-refractivity contribution in [2.75, 3.05) is 0 Å². The number of halogens is 4. The predicted molar refractivity (Wildman–Crippen MR) is 90.1 cm³/mol. The molecule has 6 N–H and O–H groups in total. The summed E-state index contributed by atoms with van der Waals surface area (Å²) in [5, 5.41) is 19.6. The second kappa shape index (κ2) is 6.71. The van der Waals surface area contributed by atoms with Crippen molar-refractivity contribution in [1.82, 2.24) is 0 Å². The Labute approximate surface area is 147 Å². The molecule has 2 atom stereocenters. The number of hydrogen-bond acceptors (Lipinski definition) is 4. The highest BCUT2D eigenvalue weighted by atomic mass is 35.5. The average molecular weight is 382 g/mol. The molecule has 0 saturated heterocycles. The molecule has 0 unspecified atom stereocenters. The summed E-state index contributed by atoms with van der Waals surface area (Å²) in [6.45, 7) is 0. The molecule has 22 heavy (non-hydrogen) atoms. The zero-order valence-electron chi connectivity index (χ0n) is 11.0. The van der Waals surface area contributed by atoms with Crippen molar-refractivity contribution in [2.24, 2.45) is 11.5 Å². The number of phenols is 2. The van der Waals surface area contributed by atoms with Gasteiger partial charge in [-0.3, -0.25) is 0 Å². The number of nitrogens with two attached hydrogens (primary N) is 2. The first-order chi connectivity index (χ1) is 10.2. The molecule has 4 nitrogen and oxygen atoms in total. The standard InChI is InChI=1S/C14H12Cl4N2O2/c15-7-1-5(21)2-8(16)11(7)13(19)14(20)12-9(17)3-6(22)4-10(12)18/h1-4,13-14,21-22H,19-20H2/t13-,14-/m0/s1. The molecule has 0 amide bonds. The van der Waals surface area contributed by atoms with Crippen LogP contribution in [0.4, 0.5) is 0 Å². The maximum absolute atomic E-state index is 9.46. The second-order valence-electron chi connectivity index (χ2n) is 4.70. The second-order valence-corrected chi connectivity index (χ2v) is 6.33. The predicted octanol–water partition coefficient (Wildman–Crippen LogP) is 4.41. The zero-order chi connectivity index (χ0) is 16.6. The number of aromatic hydroxyl groups is 2. The van der Waals surface area contributed by atoms with E-state index in [0.29, 0.717) is 11.1 Å². The molecule has 2 aromatic carbocycles. The summed E-state index contributed by atoms with van der Waals surface area (Å²) in [6.07, 6.45) is 0. The molecule has 0 aliphatic heterocycles. The van der Waals surface area contributed by atoms with Crippen LogP contribution in [-0.2, 0) is 0 Å². The summed E-state index contributed by atoms with van der Waals surface area (Å²) in [4.78, 5) is 0. The summed E-state index contributed by atoms with van der Waals surface area (Å²) < 4.78 is 0. The van der Waals surface area contributed by atoms with Gasteiger partial charge >= 0.3 is 0 Å². The maximum Gasteiger partial charge on any atom is 0.118 e. The third kappa shape index (κ3) is 3.38. The molecule has 0 heterocycles. The van der Waals surface area contributed by atoms with E-state index < -0.39 is 12.1 Å². The lowest BCUT2D eigenvalue weighted by atomic mass is 9.94. The van der Waals surface area contributed by atoms with Crippen molar-refractivity contribution in [3.63, 3.8) is 0 Å². The summed E-state index contributed by atoms with van der Waals surface area (Å²) in [5.41, 5.74) is 13.0. The van der Waals surface area contributed by atoms with Gasteiger partial charge in [-0.05, 0) is 24.3 Å². The van der Waals surface area contributed by atoms with Crippen LogP contribution in [0, 0.1) is 0 Å². The number of hydrogen-bond donors (Lipinski definition) is 4. The van der Waals surface area contributed by atoms with Gasteiger partial charge in [-0.1, -0.05) is 46.4 Å². The highest BCUT2D eigenvalue weighted by Gasteiger charge is 2.26. The van der Waals surface area contributed by atoms with Crippen molar-refractivity contribution in [2.45, 2.75) is 12.1 Å². The summed E-state index contributed by atoms with van der Waals surface area (Å²) in [5.74, 6) is -0.166. The Morgan fingerprint density at radius 2 is 0.864 bits per heavy atom. The van der Waals surface area contributed by atoms with Crippen LogP contribution in [0.15, 0.2) is 24.3 Å². The van der Waals surface area contributed by atoms with Crippen LogP contribution in [0.2, 0.25) is 20.1 Å². The molecule has 0 aromatic heterocycles. The lowest BCUT2D eigenvalue weighted by molar-refractivity contribution is 0.473. The zero-order valence-corrected chi connectivity index (χ0v) is 14.0. The van der Waals surface area contributed by atoms with E-state index in [1.807, 2.05) is 0 Å². The van der Waals surface area contributed by atoms with Gasteiger partial charge in [0.05, 0.1) is 32.2 Å². The highest BCUT2D eigenvalue weighted by molar-refractivity contribution is 6.37. The maximum atomic E-state index is 9.46. The summed E-state index contributed by atoms with van der Waals surface area (Å²) >= 11 is 24.3. The minimum Gasteiger partial charge on any atom is -0.508 e. The molecule has 2 rings (SSSR count). The van der Waals surface area contributed by atoms with Gasteiger partial charge in [0, 0.05) is 11.1 Å². The smallest absolute Gasteiger partial charge is 0.118 e. The van der Waals surface area contributed by atoms with E-state index in [9.17, 15) is 10.2 Å². The third-order valence-electron chi connectivity index (χ3n) is 3.18. The average Bonchev–Trinajstić information content (AvgIpc) is 2.35. The molecule has 0 radical (unpaired) electrons. The Morgan fingerprint density at radius 1 is 0.636 bits per heavy atom. The van der Waals surface area contributed by atoms with E-state index >= 15 is 0 Å². The van der Waals surface area contributed by atoms with Gasteiger partial charge in [0.2, 0.25) is 0 Å². The molecule has 2 aromatic rings. The molecule has 0 aliphatic rings. The Hall–Kier alpha value is -0.880. The van der Waals surface area contributed by atoms with Crippen molar-refractivity contribution in [1.29, 1.82) is 0 Å². The van der Waals surface area contributed by atoms with Crippen LogP contribution >= 0.6 is 46.4 Å². The molecule has 0 spiro atoms. The van der Waals surface area contributed by atoms with Gasteiger partial charge in [-0.25, -0.2) is 0 Å². The molecule has 8 heteroatoms. The Morgan fingerprint density at radius 3 is 1.09 bits per heavy atom. The normalized spacial score (nSPS) is 13.9. The minimum atomic E-state index is -0.819. The molecule has 0 bridgehead atoms. The SMILES string of the molecule is N[C@@H](c1c(Cl)cc(O)cc1Cl)[C@@H](N)c1c(Cl)cc(O)cc1Cl. The number of phenolic OH excluding ortho intramolecular Hbond substituents is 2. The first-order valence-electron chi connectivity index (χ1n) is 6.09. The van der Waals surface area contributed by atoms with Gasteiger partial charge < -0.3 is 21.7 Å². The first-order valence-corrected chi connectivity index (χ1v) is 7.60. The van der Waals surface area contributed by atoms with Crippen molar-refractivity contribution >= 4 is 46.4 Å². The van der Waals surface area contributed by atoms with Crippen molar-refractivity contribution < 1.29 is 10.2 Å². The molecular weight excluding hydrogens is 370 g/mol. The van der Waals surface area contributed by atoms with Crippen molar-refractivity contribution in [3.8, 4) is 11.5 Å². The number of benzene rings is 2. The van der Waals surface area contributed by atoms with E-state index in [4.69, 9.17) is 57.9 Å². The molecule has 0 saturated carbocycles. The van der Waals surface area contributed by atoms with Gasteiger partial charge in [0.15, 0.2) is 0 Å².